The van der Waals surface area contributed by atoms with Crippen LogP contribution in [-0.4, -0.2) is 36.2 Å². The molecule has 0 bridgehead atoms. The summed E-state index contributed by atoms with van der Waals surface area (Å²) in [6.45, 7) is 8.20. The molecule has 1 heterocycles. The summed E-state index contributed by atoms with van der Waals surface area (Å²) in [7, 11) is 0. The van der Waals surface area contributed by atoms with Gasteiger partial charge in [0.1, 0.15) is 5.60 Å². The van der Waals surface area contributed by atoms with Crippen molar-refractivity contribution < 1.29 is 9.53 Å². The zero-order chi connectivity index (χ0) is 11.9. The number of amides is 1. The van der Waals surface area contributed by atoms with Crippen LogP contribution in [0.25, 0.3) is 0 Å². The lowest BCUT2D eigenvalue weighted by Crippen LogP contribution is -2.37. The second-order valence-corrected chi connectivity index (χ2v) is 5.95. The Kier molecular flexibility index (Phi) is 2.86. The van der Waals surface area contributed by atoms with Crippen LogP contribution in [0.4, 0.5) is 4.79 Å². The quantitative estimate of drug-likeness (QED) is 0.775. The molecule has 2 rings (SSSR count). The third-order valence-corrected chi connectivity index (χ3v) is 3.52. The summed E-state index contributed by atoms with van der Waals surface area (Å²) in [5.74, 6) is 2.15. The molecule has 4 nitrogen and oxygen atoms in total. The number of carbonyl (C=O) groups is 1. The van der Waals surface area contributed by atoms with E-state index in [1.807, 2.05) is 25.7 Å². The third-order valence-electron chi connectivity index (χ3n) is 3.52. The van der Waals surface area contributed by atoms with Crippen molar-refractivity contribution in [2.24, 2.45) is 23.5 Å². The molecule has 0 aromatic rings. The second kappa shape index (κ2) is 3.91. The van der Waals surface area contributed by atoms with Crippen molar-refractivity contribution in [3.63, 3.8) is 0 Å². The maximum atomic E-state index is 11.8. The van der Waals surface area contributed by atoms with Crippen LogP contribution in [0, 0.1) is 17.8 Å². The van der Waals surface area contributed by atoms with Crippen LogP contribution >= 0.6 is 0 Å². The fourth-order valence-corrected chi connectivity index (χ4v) is 2.75. The summed E-state index contributed by atoms with van der Waals surface area (Å²) in [6, 6.07) is 0. The van der Waals surface area contributed by atoms with Gasteiger partial charge in [0, 0.05) is 13.1 Å². The zero-order valence-electron chi connectivity index (χ0n) is 10.4. The predicted octanol–water partition coefficient (Wildman–Crippen LogP) is 1.45. The fourth-order valence-electron chi connectivity index (χ4n) is 2.75. The first-order valence-electron chi connectivity index (χ1n) is 6.10. The van der Waals surface area contributed by atoms with Crippen molar-refractivity contribution in [1.82, 2.24) is 4.90 Å². The summed E-state index contributed by atoms with van der Waals surface area (Å²) < 4.78 is 5.35. The van der Waals surface area contributed by atoms with E-state index in [4.69, 9.17) is 10.5 Å². The normalized spacial score (nSPS) is 32.5. The van der Waals surface area contributed by atoms with Crippen molar-refractivity contribution in [3.05, 3.63) is 0 Å². The van der Waals surface area contributed by atoms with Crippen molar-refractivity contribution in [1.29, 1.82) is 0 Å². The molecule has 0 aromatic heterocycles. The van der Waals surface area contributed by atoms with Gasteiger partial charge < -0.3 is 15.4 Å². The molecule has 1 amide bonds. The van der Waals surface area contributed by atoms with Gasteiger partial charge in [-0.25, -0.2) is 4.79 Å². The lowest BCUT2D eigenvalue weighted by molar-refractivity contribution is 0.0265. The van der Waals surface area contributed by atoms with E-state index in [1.54, 1.807) is 0 Å². The van der Waals surface area contributed by atoms with E-state index in [0.717, 1.165) is 32.0 Å². The SMILES string of the molecule is CC(C)(C)OC(=O)N1C[C@@H]2[C@@H](CCN)[C@@H]2C1. The fraction of sp³-hybridized carbons (Fsp3) is 0.917. The Balaban J connectivity index is 1.78. The smallest absolute Gasteiger partial charge is 0.410 e. The molecule has 0 unspecified atom stereocenters. The van der Waals surface area contributed by atoms with Crippen LogP contribution in [0.1, 0.15) is 27.2 Å². The van der Waals surface area contributed by atoms with Gasteiger partial charge in [0.15, 0.2) is 0 Å². The van der Waals surface area contributed by atoms with E-state index in [1.165, 1.54) is 0 Å². The first kappa shape index (κ1) is 11.7. The Morgan fingerprint density at radius 1 is 1.38 bits per heavy atom. The molecule has 4 heteroatoms. The van der Waals surface area contributed by atoms with Gasteiger partial charge in [-0.1, -0.05) is 0 Å². The van der Waals surface area contributed by atoms with Crippen molar-refractivity contribution >= 4 is 6.09 Å². The largest absolute Gasteiger partial charge is 0.444 e. The molecule has 1 saturated carbocycles. The first-order chi connectivity index (χ1) is 7.42. The van der Waals surface area contributed by atoms with Gasteiger partial charge in [0.05, 0.1) is 0 Å². The van der Waals surface area contributed by atoms with E-state index < -0.39 is 0 Å². The van der Waals surface area contributed by atoms with E-state index in [9.17, 15) is 4.79 Å². The maximum absolute atomic E-state index is 11.8. The third kappa shape index (κ3) is 2.32. The first-order valence-corrected chi connectivity index (χ1v) is 6.10. The molecule has 2 aliphatic rings. The van der Waals surface area contributed by atoms with Gasteiger partial charge >= 0.3 is 6.09 Å². The molecule has 1 saturated heterocycles. The molecule has 1 aliphatic carbocycles. The Bertz CT molecular complexity index is 273. The molecule has 0 spiro atoms. The summed E-state index contributed by atoms with van der Waals surface area (Å²) in [5, 5.41) is 0. The lowest BCUT2D eigenvalue weighted by atomic mass is 10.2. The van der Waals surface area contributed by atoms with Crippen LogP contribution in [-0.2, 0) is 4.74 Å². The molecular formula is C12H22N2O2. The number of fused-ring (bicyclic) bond motifs is 1. The predicted molar refractivity (Wildman–Crippen MR) is 61.9 cm³/mol. The summed E-state index contributed by atoms with van der Waals surface area (Å²) in [4.78, 5) is 13.6. The van der Waals surface area contributed by atoms with E-state index in [2.05, 4.69) is 0 Å². The van der Waals surface area contributed by atoms with Crippen LogP contribution in [0.15, 0.2) is 0 Å². The topological polar surface area (TPSA) is 55.6 Å². The molecule has 2 N–H and O–H groups in total. The minimum Gasteiger partial charge on any atom is -0.444 e. The summed E-state index contributed by atoms with van der Waals surface area (Å²) in [6.07, 6.45) is 0.948. The Labute approximate surface area is 97.1 Å². The van der Waals surface area contributed by atoms with Crippen LogP contribution in [0.3, 0.4) is 0 Å². The average Bonchev–Trinajstić information content (AvgIpc) is 2.60. The lowest BCUT2D eigenvalue weighted by Gasteiger charge is -2.25. The molecule has 2 fully saturated rings. The second-order valence-electron chi connectivity index (χ2n) is 5.95. The number of hydrogen-bond acceptors (Lipinski definition) is 3. The number of carbonyl (C=O) groups excluding carboxylic acids is 1. The average molecular weight is 226 g/mol. The van der Waals surface area contributed by atoms with Crippen LogP contribution in [0.2, 0.25) is 0 Å². The number of hydrogen-bond donors (Lipinski definition) is 1. The summed E-state index contributed by atoms with van der Waals surface area (Å²) in [5.41, 5.74) is 5.16. The van der Waals surface area contributed by atoms with Gasteiger partial charge in [-0.05, 0) is 51.5 Å². The molecular weight excluding hydrogens is 204 g/mol. The molecule has 0 aromatic carbocycles. The van der Waals surface area contributed by atoms with Gasteiger partial charge in [-0.3, -0.25) is 0 Å². The minimum absolute atomic E-state index is 0.161. The maximum Gasteiger partial charge on any atom is 0.410 e. The highest BCUT2D eigenvalue weighted by Crippen LogP contribution is 2.53. The number of rotatable bonds is 2. The van der Waals surface area contributed by atoms with Gasteiger partial charge in [0.25, 0.3) is 0 Å². The Morgan fingerprint density at radius 3 is 2.38 bits per heavy atom. The van der Waals surface area contributed by atoms with Crippen molar-refractivity contribution in [3.8, 4) is 0 Å². The van der Waals surface area contributed by atoms with E-state index in [0.29, 0.717) is 11.8 Å². The Morgan fingerprint density at radius 2 is 1.94 bits per heavy atom. The standard InChI is InChI=1S/C12H22N2O2/c1-12(2,3)16-11(15)14-6-9-8(4-5-13)10(9)7-14/h8-10H,4-7,13H2,1-3H3/t8-,9-,10+. The van der Waals surface area contributed by atoms with Gasteiger partial charge in [-0.15, -0.1) is 0 Å². The van der Waals surface area contributed by atoms with Gasteiger partial charge in [-0.2, -0.15) is 0 Å². The molecule has 16 heavy (non-hydrogen) atoms. The minimum atomic E-state index is -0.388. The molecule has 1 aliphatic heterocycles. The van der Waals surface area contributed by atoms with Crippen molar-refractivity contribution in [2.75, 3.05) is 19.6 Å². The highest BCUT2D eigenvalue weighted by molar-refractivity contribution is 5.68. The Hall–Kier alpha value is -0.770. The number of nitrogens with zero attached hydrogens (tertiary/aromatic N) is 1. The highest BCUT2D eigenvalue weighted by atomic mass is 16.6. The number of nitrogens with two attached hydrogens (primary N) is 1. The number of ether oxygens (including phenoxy) is 1. The van der Waals surface area contributed by atoms with Crippen molar-refractivity contribution in [2.45, 2.75) is 32.8 Å². The van der Waals surface area contributed by atoms with E-state index >= 15 is 0 Å². The van der Waals surface area contributed by atoms with Gasteiger partial charge in [0.2, 0.25) is 0 Å². The molecule has 92 valence electrons. The summed E-state index contributed by atoms with van der Waals surface area (Å²) >= 11 is 0. The number of likely N-dealkylation sites (tertiary alicyclic amines) is 1. The molecule has 3 atom stereocenters. The van der Waals surface area contributed by atoms with Crippen LogP contribution < -0.4 is 5.73 Å². The number of piperidine rings is 1. The van der Waals surface area contributed by atoms with E-state index in [-0.39, 0.29) is 11.7 Å². The molecule has 0 radical (unpaired) electrons. The monoisotopic (exact) mass is 226 g/mol. The zero-order valence-corrected chi connectivity index (χ0v) is 10.4. The highest BCUT2D eigenvalue weighted by Gasteiger charge is 2.56. The van der Waals surface area contributed by atoms with Crippen LogP contribution in [0.5, 0.6) is 0 Å².